The van der Waals surface area contributed by atoms with E-state index in [1.54, 1.807) is 0 Å². The Morgan fingerprint density at radius 3 is 3.07 bits per heavy atom. The van der Waals surface area contributed by atoms with Gasteiger partial charge in [-0.3, -0.25) is 4.79 Å². The molecule has 1 aliphatic heterocycles. The molecule has 0 spiro atoms. The number of hydrogen-bond acceptors (Lipinski definition) is 2. The Balaban J connectivity index is 2.33. The molecule has 3 nitrogen and oxygen atoms in total. The standard InChI is InChI=1S/C11H12ClNO2/c1-13-6-7(4-11(14)15)9-3-2-8(12)5-10(9)13/h2-3,5,7H,4,6H2,1H3,(H,14,15). The Bertz CT molecular complexity index is 406. The molecule has 1 unspecified atom stereocenters. The molecule has 0 aromatic heterocycles. The maximum absolute atomic E-state index is 10.7. The van der Waals surface area contributed by atoms with Crippen LogP contribution in [0, 0.1) is 0 Å². The lowest BCUT2D eigenvalue weighted by atomic mass is 9.98. The Hall–Kier alpha value is -1.22. The fourth-order valence-electron chi connectivity index (χ4n) is 2.11. The van der Waals surface area contributed by atoms with Crippen LogP contribution in [0.5, 0.6) is 0 Å². The number of carboxylic acids is 1. The first-order chi connectivity index (χ1) is 7.08. The van der Waals surface area contributed by atoms with E-state index in [4.69, 9.17) is 16.7 Å². The average molecular weight is 226 g/mol. The summed E-state index contributed by atoms with van der Waals surface area (Å²) in [6.45, 7) is 0.752. The van der Waals surface area contributed by atoms with E-state index in [9.17, 15) is 4.79 Å². The van der Waals surface area contributed by atoms with Crippen LogP contribution in [0.4, 0.5) is 5.69 Å². The fraction of sp³-hybridized carbons (Fsp3) is 0.364. The highest BCUT2D eigenvalue weighted by atomic mass is 35.5. The predicted octanol–water partition coefficient (Wildman–Crippen LogP) is 2.35. The van der Waals surface area contributed by atoms with Crippen LogP contribution >= 0.6 is 11.6 Å². The van der Waals surface area contributed by atoms with Gasteiger partial charge in [-0.2, -0.15) is 0 Å². The zero-order valence-corrected chi connectivity index (χ0v) is 9.16. The minimum Gasteiger partial charge on any atom is -0.481 e. The first-order valence-corrected chi connectivity index (χ1v) is 5.18. The lowest BCUT2D eigenvalue weighted by molar-refractivity contribution is -0.137. The molecular weight excluding hydrogens is 214 g/mol. The molecule has 15 heavy (non-hydrogen) atoms. The van der Waals surface area contributed by atoms with Crippen molar-refractivity contribution in [2.24, 2.45) is 0 Å². The van der Waals surface area contributed by atoms with E-state index in [1.807, 2.05) is 25.2 Å². The lowest BCUT2D eigenvalue weighted by Crippen LogP contribution is -2.16. The summed E-state index contributed by atoms with van der Waals surface area (Å²) in [7, 11) is 1.96. The third-order valence-electron chi connectivity index (χ3n) is 2.76. The van der Waals surface area contributed by atoms with Crippen LogP contribution in [-0.4, -0.2) is 24.7 Å². The molecule has 0 saturated heterocycles. The SMILES string of the molecule is CN1CC(CC(=O)O)c2ccc(Cl)cc21. The maximum Gasteiger partial charge on any atom is 0.304 e. The number of fused-ring (bicyclic) bond motifs is 1. The highest BCUT2D eigenvalue weighted by molar-refractivity contribution is 6.30. The molecule has 1 atom stereocenters. The molecule has 0 radical (unpaired) electrons. The molecule has 80 valence electrons. The quantitative estimate of drug-likeness (QED) is 0.840. The maximum atomic E-state index is 10.7. The largest absolute Gasteiger partial charge is 0.481 e. The van der Waals surface area contributed by atoms with Crippen molar-refractivity contribution in [3.63, 3.8) is 0 Å². The molecule has 1 aromatic carbocycles. The Kier molecular flexibility index (Phi) is 2.57. The number of halogens is 1. The second-order valence-electron chi connectivity index (χ2n) is 3.88. The molecule has 1 heterocycles. The van der Waals surface area contributed by atoms with Crippen LogP contribution in [-0.2, 0) is 4.79 Å². The summed E-state index contributed by atoms with van der Waals surface area (Å²) in [4.78, 5) is 12.7. The summed E-state index contributed by atoms with van der Waals surface area (Å²) in [6, 6.07) is 5.63. The molecule has 0 fully saturated rings. The van der Waals surface area contributed by atoms with Crippen LogP contribution in [0.1, 0.15) is 17.9 Å². The molecular formula is C11H12ClNO2. The zero-order chi connectivity index (χ0) is 11.0. The molecule has 1 aliphatic rings. The van der Waals surface area contributed by atoms with E-state index >= 15 is 0 Å². The molecule has 4 heteroatoms. The van der Waals surface area contributed by atoms with Gasteiger partial charge < -0.3 is 10.0 Å². The minimum absolute atomic E-state index is 0.0831. The topological polar surface area (TPSA) is 40.5 Å². The number of anilines is 1. The second-order valence-corrected chi connectivity index (χ2v) is 4.31. The smallest absolute Gasteiger partial charge is 0.304 e. The minimum atomic E-state index is -0.754. The number of aliphatic carboxylic acids is 1. The van der Waals surface area contributed by atoms with E-state index < -0.39 is 5.97 Å². The van der Waals surface area contributed by atoms with Gasteiger partial charge in [0, 0.05) is 30.2 Å². The van der Waals surface area contributed by atoms with Gasteiger partial charge in [0.2, 0.25) is 0 Å². The molecule has 1 N–H and O–H groups in total. The van der Waals surface area contributed by atoms with Gasteiger partial charge in [-0.15, -0.1) is 0 Å². The fourth-order valence-corrected chi connectivity index (χ4v) is 2.27. The summed E-state index contributed by atoms with van der Waals surface area (Å²) in [5.74, 6) is -0.670. The lowest BCUT2D eigenvalue weighted by Gasteiger charge is -2.11. The Morgan fingerprint density at radius 2 is 2.40 bits per heavy atom. The normalized spacial score (nSPS) is 19.1. The van der Waals surface area contributed by atoms with Gasteiger partial charge in [-0.05, 0) is 17.7 Å². The van der Waals surface area contributed by atoms with Gasteiger partial charge in [0.15, 0.2) is 0 Å². The monoisotopic (exact) mass is 225 g/mol. The van der Waals surface area contributed by atoms with E-state index in [-0.39, 0.29) is 12.3 Å². The highest BCUT2D eigenvalue weighted by Gasteiger charge is 2.27. The van der Waals surface area contributed by atoms with Gasteiger partial charge in [-0.25, -0.2) is 0 Å². The molecule has 2 rings (SSSR count). The first kappa shape index (κ1) is 10.3. The van der Waals surface area contributed by atoms with E-state index in [0.29, 0.717) is 5.02 Å². The summed E-state index contributed by atoms with van der Waals surface area (Å²) in [6.07, 6.45) is 0.180. The van der Waals surface area contributed by atoms with E-state index in [0.717, 1.165) is 17.8 Å². The number of rotatable bonds is 2. The number of nitrogens with zero attached hydrogens (tertiary/aromatic N) is 1. The zero-order valence-electron chi connectivity index (χ0n) is 8.40. The number of carboxylic acid groups (broad SMARTS) is 1. The van der Waals surface area contributed by atoms with Crippen LogP contribution in [0.2, 0.25) is 5.02 Å². The van der Waals surface area contributed by atoms with Crippen molar-refractivity contribution in [2.75, 3.05) is 18.5 Å². The van der Waals surface area contributed by atoms with Crippen molar-refractivity contribution in [3.8, 4) is 0 Å². The number of hydrogen-bond donors (Lipinski definition) is 1. The van der Waals surface area contributed by atoms with Gasteiger partial charge in [0.05, 0.1) is 6.42 Å². The predicted molar refractivity (Wildman–Crippen MR) is 59.7 cm³/mol. The van der Waals surface area contributed by atoms with Crippen LogP contribution in [0.25, 0.3) is 0 Å². The first-order valence-electron chi connectivity index (χ1n) is 4.80. The molecule has 0 aliphatic carbocycles. The van der Waals surface area contributed by atoms with Crippen LogP contribution < -0.4 is 4.90 Å². The third kappa shape index (κ3) is 1.92. The second kappa shape index (κ2) is 3.74. The molecule has 0 amide bonds. The summed E-state index contributed by atoms with van der Waals surface area (Å²) in [5, 5.41) is 9.49. The van der Waals surface area contributed by atoms with Gasteiger partial charge in [0.25, 0.3) is 0 Å². The average Bonchev–Trinajstić information content (AvgIpc) is 2.42. The van der Waals surface area contributed by atoms with Crippen molar-refractivity contribution >= 4 is 23.3 Å². The van der Waals surface area contributed by atoms with Crippen molar-refractivity contribution in [1.82, 2.24) is 0 Å². The van der Waals surface area contributed by atoms with Gasteiger partial charge in [0.1, 0.15) is 0 Å². The van der Waals surface area contributed by atoms with Crippen molar-refractivity contribution in [1.29, 1.82) is 0 Å². The van der Waals surface area contributed by atoms with Crippen molar-refractivity contribution < 1.29 is 9.90 Å². The Morgan fingerprint density at radius 1 is 1.67 bits per heavy atom. The summed E-state index contributed by atoms with van der Waals surface area (Å²) < 4.78 is 0. The van der Waals surface area contributed by atoms with Crippen molar-refractivity contribution in [2.45, 2.75) is 12.3 Å². The van der Waals surface area contributed by atoms with Crippen LogP contribution in [0.15, 0.2) is 18.2 Å². The van der Waals surface area contributed by atoms with Crippen molar-refractivity contribution in [3.05, 3.63) is 28.8 Å². The molecule has 0 bridgehead atoms. The van der Waals surface area contributed by atoms with Gasteiger partial charge in [-0.1, -0.05) is 17.7 Å². The number of carbonyl (C=O) groups is 1. The highest BCUT2D eigenvalue weighted by Crippen LogP contribution is 2.38. The summed E-state index contributed by atoms with van der Waals surface area (Å²) in [5.41, 5.74) is 2.14. The summed E-state index contributed by atoms with van der Waals surface area (Å²) >= 11 is 5.90. The van der Waals surface area contributed by atoms with Gasteiger partial charge >= 0.3 is 5.97 Å². The van der Waals surface area contributed by atoms with E-state index in [2.05, 4.69) is 4.90 Å². The Labute approximate surface area is 93.3 Å². The number of benzene rings is 1. The molecule has 0 saturated carbocycles. The molecule has 1 aromatic rings. The third-order valence-corrected chi connectivity index (χ3v) is 2.99. The van der Waals surface area contributed by atoms with Crippen LogP contribution in [0.3, 0.4) is 0 Å². The van der Waals surface area contributed by atoms with E-state index in [1.165, 1.54) is 0 Å². The number of likely N-dealkylation sites (N-methyl/N-ethyl adjacent to an activating group) is 1.